The number of benzene rings is 2. The molecule has 0 aliphatic heterocycles. The second kappa shape index (κ2) is 6.86. The quantitative estimate of drug-likeness (QED) is 0.889. The van der Waals surface area contributed by atoms with Crippen LogP contribution in [0.1, 0.15) is 38.8 Å². The van der Waals surface area contributed by atoms with Gasteiger partial charge in [0, 0.05) is 5.69 Å². The highest BCUT2D eigenvalue weighted by Gasteiger charge is 2.17. The molecule has 1 amide bonds. The molecule has 2 aromatic rings. The molecular weight excluding hydrogens is 286 g/mol. The molecule has 2 aromatic carbocycles. The van der Waals surface area contributed by atoms with Gasteiger partial charge in [-0.1, -0.05) is 51.1 Å². The Bertz CT molecular complexity index is 669. The average Bonchev–Trinajstić information content (AvgIpc) is 2.49. The number of anilines is 1. The molecule has 0 spiro atoms. The lowest BCUT2D eigenvalue weighted by Crippen LogP contribution is -2.30. The first-order valence-corrected chi connectivity index (χ1v) is 7.91. The lowest BCUT2D eigenvalue weighted by molar-refractivity contribution is -0.122. The fourth-order valence-electron chi connectivity index (χ4n) is 2.24. The number of amides is 1. The monoisotopic (exact) mass is 311 g/mol. The summed E-state index contributed by atoms with van der Waals surface area (Å²) in [4.78, 5) is 12.3. The summed E-state index contributed by atoms with van der Waals surface area (Å²) in [6.45, 7) is 10.2. The van der Waals surface area contributed by atoms with Crippen molar-refractivity contribution in [3.05, 3.63) is 59.7 Å². The van der Waals surface area contributed by atoms with Gasteiger partial charge in [-0.25, -0.2) is 0 Å². The van der Waals surface area contributed by atoms with E-state index in [2.05, 4.69) is 26.1 Å². The van der Waals surface area contributed by atoms with Crippen LogP contribution in [0.5, 0.6) is 5.75 Å². The molecule has 0 aromatic heterocycles. The molecule has 0 fully saturated rings. The van der Waals surface area contributed by atoms with Crippen molar-refractivity contribution >= 4 is 11.6 Å². The SMILES string of the molecule is Cc1ccccc1NC(=O)[C@H](C)Oc1ccc(C(C)(C)C)cc1. The molecule has 23 heavy (non-hydrogen) atoms. The van der Waals surface area contributed by atoms with Gasteiger partial charge in [-0.15, -0.1) is 0 Å². The van der Waals surface area contributed by atoms with Crippen molar-refractivity contribution in [3.63, 3.8) is 0 Å². The lowest BCUT2D eigenvalue weighted by Gasteiger charge is -2.20. The van der Waals surface area contributed by atoms with E-state index < -0.39 is 6.10 Å². The highest BCUT2D eigenvalue weighted by Crippen LogP contribution is 2.24. The first-order valence-electron chi connectivity index (χ1n) is 7.91. The van der Waals surface area contributed by atoms with Gasteiger partial charge in [0.05, 0.1) is 0 Å². The van der Waals surface area contributed by atoms with Crippen LogP contribution in [0.3, 0.4) is 0 Å². The third kappa shape index (κ3) is 4.59. The van der Waals surface area contributed by atoms with Crippen LogP contribution in [0, 0.1) is 6.92 Å². The number of nitrogens with one attached hydrogen (secondary N) is 1. The number of carbonyl (C=O) groups excluding carboxylic acids is 1. The van der Waals surface area contributed by atoms with Crippen LogP contribution in [-0.2, 0) is 10.2 Å². The van der Waals surface area contributed by atoms with Crippen molar-refractivity contribution < 1.29 is 9.53 Å². The summed E-state index contributed by atoms with van der Waals surface area (Å²) >= 11 is 0. The number of hydrogen-bond acceptors (Lipinski definition) is 2. The van der Waals surface area contributed by atoms with E-state index in [-0.39, 0.29) is 11.3 Å². The van der Waals surface area contributed by atoms with Gasteiger partial charge in [0.1, 0.15) is 5.75 Å². The average molecular weight is 311 g/mol. The van der Waals surface area contributed by atoms with E-state index in [1.54, 1.807) is 6.92 Å². The molecule has 0 radical (unpaired) electrons. The summed E-state index contributed by atoms with van der Waals surface area (Å²) in [6, 6.07) is 15.6. The Morgan fingerprint density at radius 3 is 2.22 bits per heavy atom. The van der Waals surface area contributed by atoms with E-state index in [1.165, 1.54) is 5.56 Å². The van der Waals surface area contributed by atoms with Crippen LogP contribution < -0.4 is 10.1 Å². The Hall–Kier alpha value is -2.29. The van der Waals surface area contributed by atoms with Crippen molar-refractivity contribution in [3.8, 4) is 5.75 Å². The smallest absolute Gasteiger partial charge is 0.265 e. The number of rotatable bonds is 4. The highest BCUT2D eigenvalue weighted by atomic mass is 16.5. The van der Waals surface area contributed by atoms with Crippen molar-refractivity contribution in [2.24, 2.45) is 0 Å². The summed E-state index contributed by atoms with van der Waals surface area (Å²) in [7, 11) is 0. The van der Waals surface area contributed by atoms with Gasteiger partial charge in [0.25, 0.3) is 5.91 Å². The van der Waals surface area contributed by atoms with Gasteiger partial charge in [0.15, 0.2) is 6.10 Å². The molecule has 1 N–H and O–H groups in total. The second-order valence-electron chi connectivity index (χ2n) is 6.84. The number of ether oxygens (including phenoxy) is 1. The van der Waals surface area contributed by atoms with Gasteiger partial charge < -0.3 is 10.1 Å². The minimum absolute atomic E-state index is 0.104. The van der Waals surface area contributed by atoms with Gasteiger partial charge in [-0.3, -0.25) is 4.79 Å². The number of hydrogen-bond donors (Lipinski definition) is 1. The van der Waals surface area contributed by atoms with Crippen LogP contribution in [0.4, 0.5) is 5.69 Å². The molecule has 0 saturated heterocycles. The molecule has 0 aliphatic rings. The van der Waals surface area contributed by atoms with Gasteiger partial charge in [-0.05, 0) is 48.6 Å². The summed E-state index contributed by atoms with van der Waals surface area (Å²) in [6.07, 6.45) is -0.560. The minimum atomic E-state index is -0.560. The lowest BCUT2D eigenvalue weighted by atomic mass is 9.87. The molecule has 3 nitrogen and oxygen atoms in total. The van der Waals surface area contributed by atoms with E-state index in [9.17, 15) is 4.79 Å². The maximum Gasteiger partial charge on any atom is 0.265 e. The number of carbonyl (C=O) groups is 1. The van der Waals surface area contributed by atoms with E-state index in [0.29, 0.717) is 5.75 Å². The Labute approximate surface area is 138 Å². The maximum atomic E-state index is 12.3. The summed E-state index contributed by atoms with van der Waals surface area (Å²) in [5, 5.41) is 2.90. The van der Waals surface area contributed by atoms with Crippen molar-refractivity contribution in [2.75, 3.05) is 5.32 Å². The Kier molecular flexibility index (Phi) is 5.09. The zero-order valence-electron chi connectivity index (χ0n) is 14.5. The Morgan fingerprint density at radius 2 is 1.65 bits per heavy atom. The van der Waals surface area contributed by atoms with Gasteiger partial charge in [-0.2, -0.15) is 0 Å². The zero-order valence-corrected chi connectivity index (χ0v) is 14.5. The van der Waals surface area contributed by atoms with Crippen LogP contribution in [0.2, 0.25) is 0 Å². The van der Waals surface area contributed by atoms with E-state index in [0.717, 1.165) is 11.3 Å². The molecular formula is C20H25NO2. The van der Waals surface area contributed by atoms with Crippen molar-refractivity contribution in [1.82, 2.24) is 0 Å². The van der Waals surface area contributed by atoms with Gasteiger partial charge >= 0.3 is 0 Å². The standard InChI is InChI=1S/C20H25NO2/c1-14-8-6-7-9-18(14)21-19(22)15(2)23-17-12-10-16(11-13-17)20(3,4)5/h6-13,15H,1-5H3,(H,21,22)/t15-/m0/s1. The Morgan fingerprint density at radius 1 is 1.04 bits per heavy atom. The van der Waals surface area contributed by atoms with Crippen LogP contribution in [0.25, 0.3) is 0 Å². The second-order valence-corrected chi connectivity index (χ2v) is 6.84. The van der Waals surface area contributed by atoms with E-state index in [1.807, 2.05) is 55.5 Å². The van der Waals surface area contributed by atoms with Crippen LogP contribution >= 0.6 is 0 Å². The summed E-state index contributed by atoms with van der Waals surface area (Å²) < 4.78 is 5.74. The van der Waals surface area contributed by atoms with Gasteiger partial charge in [0.2, 0.25) is 0 Å². The van der Waals surface area contributed by atoms with Crippen LogP contribution in [0.15, 0.2) is 48.5 Å². The fourth-order valence-corrected chi connectivity index (χ4v) is 2.24. The maximum absolute atomic E-state index is 12.3. The van der Waals surface area contributed by atoms with Crippen molar-refractivity contribution in [2.45, 2.75) is 46.1 Å². The first kappa shape index (κ1) is 17.1. The number of para-hydroxylation sites is 1. The molecule has 0 saturated carbocycles. The van der Waals surface area contributed by atoms with Crippen molar-refractivity contribution in [1.29, 1.82) is 0 Å². The highest BCUT2D eigenvalue weighted by molar-refractivity contribution is 5.94. The fraction of sp³-hybridized carbons (Fsp3) is 0.350. The van der Waals surface area contributed by atoms with E-state index in [4.69, 9.17) is 4.74 Å². The summed E-state index contributed by atoms with van der Waals surface area (Å²) in [5.74, 6) is 0.546. The molecule has 122 valence electrons. The molecule has 2 rings (SSSR count). The largest absolute Gasteiger partial charge is 0.481 e. The molecule has 0 bridgehead atoms. The third-order valence-corrected chi connectivity index (χ3v) is 3.81. The third-order valence-electron chi connectivity index (χ3n) is 3.81. The predicted molar refractivity (Wildman–Crippen MR) is 95.0 cm³/mol. The molecule has 3 heteroatoms. The summed E-state index contributed by atoms with van der Waals surface area (Å²) in [5.41, 5.74) is 3.19. The van der Waals surface area contributed by atoms with Crippen LogP contribution in [-0.4, -0.2) is 12.0 Å². The molecule has 0 aliphatic carbocycles. The topological polar surface area (TPSA) is 38.3 Å². The minimum Gasteiger partial charge on any atom is -0.481 e. The normalized spacial score (nSPS) is 12.6. The Balaban J connectivity index is 2.00. The van der Waals surface area contributed by atoms with E-state index >= 15 is 0 Å². The molecule has 0 unspecified atom stereocenters. The number of aryl methyl sites for hydroxylation is 1. The molecule has 1 atom stereocenters. The molecule has 0 heterocycles. The zero-order chi connectivity index (χ0) is 17.0. The predicted octanol–water partition coefficient (Wildman–Crippen LogP) is 4.70. The first-order chi connectivity index (χ1) is 10.8.